The Hall–Kier alpha value is -2.48. The van der Waals surface area contributed by atoms with Crippen LogP contribution in [-0.4, -0.2) is 67.8 Å². The van der Waals surface area contributed by atoms with E-state index in [1.54, 1.807) is 19.2 Å². The molecule has 0 bridgehead atoms. The third kappa shape index (κ3) is 5.85. The van der Waals surface area contributed by atoms with Gasteiger partial charge in [0.1, 0.15) is 11.6 Å². The van der Waals surface area contributed by atoms with Crippen molar-refractivity contribution in [2.75, 3.05) is 40.0 Å². The highest BCUT2D eigenvalue weighted by Crippen LogP contribution is 2.21. The van der Waals surface area contributed by atoms with Crippen LogP contribution in [-0.2, 0) is 27.4 Å². The lowest BCUT2D eigenvalue weighted by Gasteiger charge is -2.34. The zero-order chi connectivity index (χ0) is 22.3. The van der Waals surface area contributed by atoms with Crippen LogP contribution in [0.5, 0.6) is 5.75 Å². The smallest absolute Gasteiger partial charge is 0.237 e. The van der Waals surface area contributed by atoms with Crippen molar-refractivity contribution in [3.63, 3.8) is 0 Å². The van der Waals surface area contributed by atoms with E-state index in [0.29, 0.717) is 51.0 Å². The minimum Gasteiger partial charge on any atom is -0.497 e. The Morgan fingerprint density at radius 2 is 1.81 bits per heavy atom. The maximum Gasteiger partial charge on any atom is 0.237 e. The second-order valence-corrected chi connectivity index (χ2v) is 8.42. The van der Waals surface area contributed by atoms with Crippen LogP contribution in [0.15, 0.2) is 48.5 Å². The quantitative estimate of drug-likeness (QED) is 0.659. The molecule has 1 atom stereocenters. The van der Waals surface area contributed by atoms with Crippen LogP contribution in [0.4, 0.5) is 4.39 Å². The molecular formula is C25H31FN2O4. The molecule has 0 radical (unpaired) electrons. The first kappa shape index (κ1) is 22.7. The van der Waals surface area contributed by atoms with E-state index in [1.807, 2.05) is 35.2 Å². The van der Waals surface area contributed by atoms with Gasteiger partial charge in [-0.2, -0.15) is 0 Å². The summed E-state index contributed by atoms with van der Waals surface area (Å²) in [6.45, 7) is 3.59. The molecule has 0 aromatic heterocycles. The van der Waals surface area contributed by atoms with Crippen LogP contribution < -0.4 is 4.74 Å². The van der Waals surface area contributed by atoms with Gasteiger partial charge in [0, 0.05) is 44.5 Å². The molecule has 0 spiro atoms. The third-order valence-electron chi connectivity index (χ3n) is 6.23. The SMILES string of the molecule is COc1ccc(CN2C[C@@H](OCc3ccccc3F)CN(C3CCOCC3)CC2=O)cc1. The lowest BCUT2D eigenvalue weighted by molar-refractivity contribution is -0.133. The molecule has 2 aromatic carbocycles. The predicted molar refractivity (Wildman–Crippen MR) is 119 cm³/mol. The van der Waals surface area contributed by atoms with Crippen LogP contribution in [0, 0.1) is 5.82 Å². The average Bonchev–Trinajstić information content (AvgIpc) is 2.98. The van der Waals surface area contributed by atoms with Gasteiger partial charge in [0.25, 0.3) is 0 Å². The molecule has 0 unspecified atom stereocenters. The third-order valence-corrected chi connectivity index (χ3v) is 6.23. The van der Waals surface area contributed by atoms with Gasteiger partial charge in [-0.1, -0.05) is 30.3 Å². The number of hydrogen-bond acceptors (Lipinski definition) is 5. The van der Waals surface area contributed by atoms with Crippen LogP contribution in [0.2, 0.25) is 0 Å². The largest absolute Gasteiger partial charge is 0.497 e. The van der Waals surface area contributed by atoms with E-state index in [4.69, 9.17) is 14.2 Å². The molecule has 0 N–H and O–H groups in total. The molecule has 0 aliphatic carbocycles. The number of rotatable bonds is 7. The molecule has 2 aliphatic heterocycles. The highest BCUT2D eigenvalue weighted by molar-refractivity contribution is 5.78. The molecule has 2 heterocycles. The fourth-order valence-corrected chi connectivity index (χ4v) is 4.37. The van der Waals surface area contributed by atoms with E-state index in [0.717, 1.165) is 24.2 Å². The lowest BCUT2D eigenvalue weighted by atomic mass is 10.1. The summed E-state index contributed by atoms with van der Waals surface area (Å²) in [4.78, 5) is 17.3. The summed E-state index contributed by atoms with van der Waals surface area (Å²) in [5.41, 5.74) is 1.56. The second kappa shape index (κ2) is 10.9. The van der Waals surface area contributed by atoms with Crippen molar-refractivity contribution in [2.24, 2.45) is 0 Å². The summed E-state index contributed by atoms with van der Waals surface area (Å²) in [5, 5.41) is 0. The molecule has 172 valence electrons. The van der Waals surface area contributed by atoms with E-state index >= 15 is 0 Å². The lowest BCUT2D eigenvalue weighted by Crippen LogP contribution is -2.45. The molecule has 7 heteroatoms. The molecule has 32 heavy (non-hydrogen) atoms. The minimum absolute atomic E-state index is 0.0873. The summed E-state index contributed by atoms with van der Waals surface area (Å²) < 4.78 is 31.0. The molecule has 0 saturated carbocycles. The number of ether oxygens (including phenoxy) is 3. The van der Waals surface area contributed by atoms with Gasteiger partial charge in [-0.3, -0.25) is 9.69 Å². The number of methoxy groups -OCH3 is 1. The van der Waals surface area contributed by atoms with Gasteiger partial charge in [0.15, 0.2) is 0 Å². The fraction of sp³-hybridized carbons (Fsp3) is 0.480. The summed E-state index contributed by atoms with van der Waals surface area (Å²) in [5.74, 6) is 0.602. The molecular weight excluding hydrogens is 411 g/mol. The highest BCUT2D eigenvalue weighted by Gasteiger charge is 2.33. The van der Waals surface area contributed by atoms with Gasteiger partial charge in [-0.15, -0.1) is 0 Å². The molecule has 2 saturated heterocycles. The van der Waals surface area contributed by atoms with Gasteiger partial charge in [0.2, 0.25) is 5.91 Å². The van der Waals surface area contributed by atoms with Gasteiger partial charge in [-0.25, -0.2) is 4.39 Å². The zero-order valence-corrected chi connectivity index (χ0v) is 18.5. The molecule has 4 rings (SSSR count). The summed E-state index contributed by atoms with van der Waals surface area (Å²) >= 11 is 0. The summed E-state index contributed by atoms with van der Waals surface area (Å²) in [6.07, 6.45) is 1.61. The average molecular weight is 443 g/mol. The number of amides is 1. The van der Waals surface area contributed by atoms with Gasteiger partial charge in [-0.05, 0) is 36.6 Å². The van der Waals surface area contributed by atoms with E-state index in [1.165, 1.54) is 6.07 Å². The van der Waals surface area contributed by atoms with Gasteiger partial charge in [0.05, 0.1) is 26.4 Å². The van der Waals surface area contributed by atoms with E-state index < -0.39 is 0 Å². The molecule has 2 aliphatic rings. The first-order valence-electron chi connectivity index (χ1n) is 11.2. The van der Waals surface area contributed by atoms with Crippen molar-refractivity contribution in [2.45, 2.75) is 38.1 Å². The fourth-order valence-electron chi connectivity index (χ4n) is 4.37. The number of carbonyl (C=O) groups is 1. The number of hydrogen-bond donors (Lipinski definition) is 0. The number of benzene rings is 2. The van der Waals surface area contributed by atoms with Crippen molar-refractivity contribution < 1.29 is 23.4 Å². The monoisotopic (exact) mass is 442 g/mol. The summed E-state index contributed by atoms with van der Waals surface area (Å²) in [7, 11) is 1.63. The molecule has 2 fully saturated rings. The van der Waals surface area contributed by atoms with Crippen LogP contribution >= 0.6 is 0 Å². The van der Waals surface area contributed by atoms with Crippen molar-refractivity contribution in [3.05, 3.63) is 65.5 Å². The van der Waals surface area contributed by atoms with Crippen molar-refractivity contribution in [1.29, 1.82) is 0 Å². The van der Waals surface area contributed by atoms with Gasteiger partial charge < -0.3 is 19.1 Å². The Kier molecular flexibility index (Phi) is 7.73. The maximum absolute atomic E-state index is 14.1. The molecule has 1 amide bonds. The summed E-state index contributed by atoms with van der Waals surface area (Å²) in [6, 6.07) is 14.7. The predicted octanol–water partition coefficient (Wildman–Crippen LogP) is 3.24. The second-order valence-electron chi connectivity index (χ2n) is 8.42. The Labute approximate surface area is 188 Å². The normalized spacial score (nSPS) is 20.9. The van der Waals surface area contributed by atoms with Crippen LogP contribution in [0.3, 0.4) is 0 Å². The Morgan fingerprint density at radius 1 is 1.06 bits per heavy atom. The molecule has 6 nitrogen and oxygen atoms in total. The first-order chi connectivity index (χ1) is 15.6. The minimum atomic E-state index is -0.270. The van der Waals surface area contributed by atoms with E-state index in [-0.39, 0.29) is 24.4 Å². The van der Waals surface area contributed by atoms with Crippen LogP contribution in [0.1, 0.15) is 24.0 Å². The number of nitrogens with zero attached hydrogens (tertiary/aromatic N) is 2. The number of carbonyl (C=O) groups excluding carboxylic acids is 1. The molecule has 2 aromatic rings. The van der Waals surface area contributed by atoms with E-state index in [2.05, 4.69) is 4.90 Å². The van der Waals surface area contributed by atoms with E-state index in [9.17, 15) is 9.18 Å². The van der Waals surface area contributed by atoms with Crippen molar-refractivity contribution in [3.8, 4) is 5.75 Å². The zero-order valence-electron chi connectivity index (χ0n) is 18.5. The standard InChI is InChI=1S/C25H31FN2O4/c1-30-22-8-6-19(7-9-22)14-28-16-23(32-18-20-4-2-3-5-24(20)26)15-27(17-25(28)29)21-10-12-31-13-11-21/h2-9,21,23H,10-18H2,1H3/t23-/m0/s1. The topological polar surface area (TPSA) is 51.2 Å². The number of halogens is 1. The van der Waals surface area contributed by atoms with Gasteiger partial charge >= 0.3 is 0 Å². The Bertz CT molecular complexity index is 886. The maximum atomic E-state index is 14.1. The highest BCUT2D eigenvalue weighted by atomic mass is 19.1. The van der Waals surface area contributed by atoms with Crippen molar-refractivity contribution >= 4 is 5.91 Å². The Morgan fingerprint density at radius 3 is 2.53 bits per heavy atom. The van der Waals surface area contributed by atoms with Crippen molar-refractivity contribution in [1.82, 2.24) is 9.80 Å². The van der Waals surface area contributed by atoms with Crippen LogP contribution in [0.25, 0.3) is 0 Å². The Balaban J connectivity index is 1.48. The first-order valence-corrected chi connectivity index (χ1v) is 11.2.